The van der Waals surface area contributed by atoms with Crippen molar-refractivity contribution in [2.75, 3.05) is 38.2 Å². The van der Waals surface area contributed by atoms with E-state index in [-0.39, 0.29) is 12.1 Å². The fourth-order valence-corrected chi connectivity index (χ4v) is 4.61. The molecule has 2 atom stereocenters. The van der Waals surface area contributed by atoms with E-state index < -0.39 is 5.91 Å². The van der Waals surface area contributed by atoms with Crippen LogP contribution < -0.4 is 16.4 Å². The second-order valence-electron chi connectivity index (χ2n) is 8.91. The fraction of sp³-hybridized carbons (Fsp3) is 0.400. The molecule has 2 fully saturated rings. The van der Waals surface area contributed by atoms with Crippen molar-refractivity contribution in [2.45, 2.75) is 31.5 Å². The SMILES string of the molecule is N#C[C@H]1COCCN1Cc1ccc(-c2cc(C(N)=O)c3ncnc(N[C@H]4CCCNC4)c3n2)cc1. The first-order valence-electron chi connectivity index (χ1n) is 11.9. The number of fused-ring (bicyclic) bond motifs is 1. The molecule has 4 N–H and O–H groups in total. The number of ether oxygens (including phenoxy) is 1. The molecule has 2 aliphatic rings. The van der Waals surface area contributed by atoms with Gasteiger partial charge in [0.1, 0.15) is 23.4 Å². The Morgan fingerprint density at radius 3 is 2.89 bits per heavy atom. The molecule has 1 amide bonds. The lowest BCUT2D eigenvalue weighted by Crippen LogP contribution is -2.43. The van der Waals surface area contributed by atoms with E-state index >= 15 is 0 Å². The zero-order valence-corrected chi connectivity index (χ0v) is 19.4. The van der Waals surface area contributed by atoms with Crippen molar-refractivity contribution in [3.63, 3.8) is 0 Å². The van der Waals surface area contributed by atoms with E-state index in [4.69, 9.17) is 15.5 Å². The minimum absolute atomic E-state index is 0.223. The van der Waals surface area contributed by atoms with E-state index in [1.165, 1.54) is 6.33 Å². The summed E-state index contributed by atoms with van der Waals surface area (Å²) in [6.07, 6.45) is 3.54. The van der Waals surface area contributed by atoms with Crippen LogP contribution in [0, 0.1) is 11.3 Å². The van der Waals surface area contributed by atoms with Crippen molar-refractivity contribution in [3.8, 4) is 17.3 Å². The van der Waals surface area contributed by atoms with Crippen molar-refractivity contribution in [2.24, 2.45) is 5.73 Å². The molecule has 0 bridgehead atoms. The molecular formula is C25H28N8O2. The third-order valence-corrected chi connectivity index (χ3v) is 6.52. The van der Waals surface area contributed by atoms with Crippen molar-refractivity contribution < 1.29 is 9.53 Å². The average molecular weight is 473 g/mol. The lowest BCUT2D eigenvalue weighted by Gasteiger charge is -2.31. The van der Waals surface area contributed by atoms with Gasteiger partial charge in [-0.25, -0.2) is 15.0 Å². The van der Waals surface area contributed by atoms with Crippen molar-refractivity contribution in [1.29, 1.82) is 5.26 Å². The average Bonchev–Trinajstić information content (AvgIpc) is 2.89. The zero-order chi connectivity index (χ0) is 24.2. The summed E-state index contributed by atoms with van der Waals surface area (Å²) in [6, 6.07) is 11.9. The first-order chi connectivity index (χ1) is 17.1. The Balaban J connectivity index is 1.46. The lowest BCUT2D eigenvalue weighted by atomic mass is 10.0. The van der Waals surface area contributed by atoms with Gasteiger partial charge in [0.2, 0.25) is 0 Å². The second-order valence-corrected chi connectivity index (χ2v) is 8.91. The number of pyridine rings is 1. The number of hydrogen-bond donors (Lipinski definition) is 3. The number of primary amides is 1. The Labute approximate surface area is 203 Å². The quantitative estimate of drug-likeness (QED) is 0.488. The molecule has 0 aliphatic carbocycles. The number of morpholine rings is 1. The Hall–Kier alpha value is -3.65. The van der Waals surface area contributed by atoms with E-state index in [1.54, 1.807) is 6.07 Å². The van der Waals surface area contributed by atoms with Crippen LogP contribution in [-0.2, 0) is 11.3 Å². The number of hydrogen-bond acceptors (Lipinski definition) is 9. The Bertz CT molecular complexity index is 1250. The number of nitriles is 1. The topological polar surface area (TPSA) is 142 Å². The van der Waals surface area contributed by atoms with Crippen LogP contribution in [0.5, 0.6) is 0 Å². The van der Waals surface area contributed by atoms with E-state index in [1.807, 2.05) is 24.3 Å². The number of nitrogens with one attached hydrogen (secondary N) is 2. The van der Waals surface area contributed by atoms with Gasteiger partial charge in [-0.1, -0.05) is 24.3 Å². The Morgan fingerprint density at radius 2 is 2.14 bits per heavy atom. The van der Waals surface area contributed by atoms with Gasteiger partial charge < -0.3 is 21.1 Å². The maximum atomic E-state index is 12.3. The third kappa shape index (κ3) is 5.07. The highest BCUT2D eigenvalue weighted by Gasteiger charge is 2.23. The molecular weight excluding hydrogens is 444 g/mol. The van der Waals surface area contributed by atoms with Crippen molar-refractivity contribution in [1.82, 2.24) is 25.2 Å². The number of benzene rings is 1. The predicted molar refractivity (Wildman–Crippen MR) is 131 cm³/mol. The molecule has 1 aromatic carbocycles. The molecule has 10 heteroatoms. The summed E-state index contributed by atoms with van der Waals surface area (Å²) in [6.45, 7) is 4.29. The molecule has 2 aromatic heterocycles. The van der Waals surface area contributed by atoms with Crippen LogP contribution in [0.2, 0.25) is 0 Å². The third-order valence-electron chi connectivity index (χ3n) is 6.52. The molecule has 0 radical (unpaired) electrons. The number of aromatic nitrogens is 3. The van der Waals surface area contributed by atoms with Gasteiger partial charge >= 0.3 is 0 Å². The summed E-state index contributed by atoms with van der Waals surface area (Å²) in [5, 5.41) is 16.2. The number of piperidine rings is 1. The molecule has 0 saturated carbocycles. The largest absolute Gasteiger partial charge is 0.377 e. The molecule has 5 rings (SSSR count). The van der Waals surface area contributed by atoms with Gasteiger partial charge in [0.15, 0.2) is 5.82 Å². The van der Waals surface area contributed by atoms with Gasteiger partial charge in [0, 0.05) is 31.2 Å². The summed E-state index contributed by atoms with van der Waals surface area (Å²) in [4.78, 5) is 28.0. The van der Waals surface area contributed by atoms with Crippen LogP contribution in [0.25, 0.3) is 22.3 Å². The minimum Gasteiger partial charge on any atom is -0.377 e. The molecule has 3 aromatic rings. The predicted octanol–water partition coefficient (Wildman–Crippen LogP) is 1.68. The summed E-state index contributed by atoms with van der Waals surface area (Å²) < 4.78 is 5.41. The minimum atomic E-state index is -0.561. The van der Waals surface area contributed by atoms with Crippen molar-refractivity contribution >= 4 is 22.8 Å². The number of carbonyl (C=O) groups excluding carboxylic acids is 1. The zero-order valence-electron chi connectivity index (χ0n) is 19.4. The molecule has 2 aliphatic heterocycles. The summed E-state index contributed by atoms with van der Waals surface area (Å²) >= 11 is 0. The van der Waals surface area contributed by atoms with Crippen LogP contribution in [0.4, 0.5) is 5.82 Å². The van der Waals surface area contributed by atoms with Gasteiger partial charge in [0.05, 0.1) is 30.5 Å². The number of carbonyl (C=O) groups is 1. The molecule has 0 spiro atoms. The van der Waals surface area contributed by atoms with E-state index in [9.17, 15) is 10.1 Å². The van der Waals surface area contributed by atoms with Gasteiger partial charge in [-0.2, -0.15) is 5.26 Å². The van der Waals surface area contributed by atoms with Crippen LogP contribution >= 0.6 is 0 Å². The number of nitrogens with two attached hydrogens (primary N) is 1. The highest BCUT2D eigenvalue weighted by Crippen LogP contribution is 2.28. The summed E-state index contributed by atoms with van der Waals surface area (Å²) in [5.41, 5.74) is 9.56. The van der Waals surface area contributed by atoms with Gasteiger partial charge in [-0.3, -0.25) is 9.69 Å². The van der Waals surface area contributed by atoms with Gasteiger partial charge in [-0.05, 0) is 31.0 Å². The highest BCUT2D eigenvalue weighted by atomic mass is 16.5. The normalized spacial score (nSPS) is 20.9. The number of anilines is 1. The first-order valence-corrected chi connectivity index (χ1v) is 11.9. The molecule has 4 heterocycles. The standard InChI is InChI=1S/C25H28N8O2/c26-11-19-14-35-9-8-33(19)13-16-3-5-17(6-4-16)21-10-20(24(27)34)22-23(32-21)25(30-15-29-22)31-18-2-1-7-28-12-18/h3-6,10,15,18-19,28H,1-2,7-9,12-14H2,(H2,27,34)(H,29,30,31)/t18-,19-/m0/s1. The van der Waals surface area contributed by atoms with Gasteiger partial charge in [0.25, 0.3) is 5.91 Å². The monoisotopic (exact) mass is 472 g/mol. The number of amides is 1. The lowest BCUT2D eigenvalue weighted by molar-refractivity contribution is 0.00889. The first kappa shape index (κ1) is 23.1. The molecule has 2 saturated heterocycles. The van der Waals surface area contributed by atoms with Crippen LogP contribution in [0.1, 0.15) is 28.8 Å². The molecule has 35 heavy (non-hydrogen) atoms. The summed E-state index contributed by atoms with van der Waals surface area (Å²) in [7, 11) is 0. The second kappa shape index (κ2) is 10.3. The number of rotatable bonds is 6. The summed E-state index contributed by atoms with van der Waals surface area (Å²) in [5.74, 6) is 0.0358. The van der Waals surface area contributed by atoms with E-state index in [0.717, 1.165) is 43.6 Å². The van der Waals surface area contributed by atoms with Crippen LogP contribution in [0.3, 0.4) is 0 Å². The van der Waals surface area contributed by atoms with E-state index in [0.29, 0.717) is 47.9 Å². The Morgan fingerprint density at radius 1 is 1.29 bits per heavy atom. The maximum Gasteiger partial charge on any atom is 0.251 e. The number of nitrogens with zero attached hydrogens (tertiary/aromatic N) is 5. The van der Waals surface area contributed by atoms with Crippen LogP contribution in [0.15, 0.2) is 36.7 Å². The Kier molecular flexibility index (Phi) is 6.81. The smallest absolute Gasteiger partial charge is 0.251 e. The maximum absolute atomic E-state index is 12.3. The van der Waals surface area contributed by atoms with Crippen molar-refractivity contribution in [3.05, 3.63) is 47.8 Å². The molecule has 10 nitrogen and oxygen atoms in total. The van der Waals surface area contributed by atoms with Crippen LogP contribution in [-0.4, -0.2) is 70.7 Å². The molecule has 180 valence electrons. The molecule has 0 unspecified atom stereocenters. The fourth-order valence-electron chi connectivity index (χ4n) is 4.61. The van der Waals surface area contributed by atoms with Gasteiger partial charge in [-0.15, -0.1) is 0 Å². The van der Waals surface area contributed by atoms with E-state index in [2.05, 4.69) is 31.6 Å². The highest BCUT2D eigenvalue weighted by molar-refractivity contribution is 6.06.